The van der Waals surface area contributed by atoms with E-state index in [0.29, 0.717) is 19.0 Å². The van der Waals surface area contributed by atoms with Crippen molar-refractivity contribution >= 4 is 11.6 Å². The molecule has 0 unspecified atom stereocenters. The van der Waals surface area contributed by atoms with Crippen LogP contribution in [0, 0.1) is 0 Å². The highest BCUT2D eigenvalue weighted by Crippen LogP contribution is 2.24. The molecule has 1 aliphatic heterocycles. The van der Waals surface area contributed by atoms with Gasteiger partial charge in [-0.2, -0.15) is 0 Å². The SMILES string of the molecule is CCOc1cc(CNc2cc(N3CCC[C@@H]3CO)ncn2)ccn1. The van der Waals surface area contributed by atoms with E-state index in [4.69, 9.17) is 4.74 Å². The van der Waals surface area contributed by atoms with Gasteiger partial charge in [0.1, 0.15) is 18.0 Å². The number of rotatable bonds is 7. The highest BCUT2D eigenvalue weighted by molar-refractivity contribution is 5.50. The summed E-state index contributed by atoms with van der Waals surface area (Å²) in [4.78, 5) is 14.9. The van der Waals surface area contributed by atoms with Crippen molar-refractivity contribution in [3.63, 3.8) is 0 Å². The van der Waals surface area contributed by atoms with Crippen LogP contribution in [0.3, 0.4) is 0 Å². The lowest BCUT2D eigenvalue weighted by Gasteiger charge is -2.24. The number of aliphatic hydroxyl groups excluding tert-OH is 1. The van der Waals surface area contributed by atoms with Gasteiger partial charge >= 0.3 is 0 Å². The van der Waals surface area contributed by atoms with Crippen LogP contribution in [0.5, 0.6) is 5.88 Å². The molecule has 0 spiro atoms. The number of aliphatic hydroxyl groups is 1. The van der Waals surface area contributed by atoms with Crippen molar-refractivity contribution in [1.29, 1.82) is 0 Å². The predicted octanol–water partition coefficient (Wildman–Crippen LogP) is 1.84. The highest BCUT2D eigenvalue weighted by atomic mass is 16.5. The van der Waals surface area contributed by atoms with Crippen LogP contribution in [0.4, 0.5) is 11.6 Å². The molecule has 2 aromatic rings. The highest BCUT2D eigenvalue weighted by Gasteiger charge is 2.25. The van der Waals surface area contributed by atoms with Gasteiger partial charge in [0.15, 0.2) is 0 Å². The van der Waals surface area contributed by atoms with Gasteiger partial charge in [0.25, 0.3) is 0 Å². The molecule has 128 valence electrons. The zero-order valence-electron chi connectivity index (χ0n) is 13.9. The molecule has 7 heteroatoms. The Bertz CT molecular complexity index is 667. The summed E-state index contributed by atoms with van der Waals surface area (Å²) in [5, 5.41) is 12.8. The van der Waals surface area contributed by atoms with Gasteiger partial charge in [0.2, 0.25) is 5.88 Å². The van der Waals surface area contributed by atoms with E-state index in [1.54, 1.807) is 12.5 Å². The topological polar surface area (TPSA) is 83.4 Å². The first-order valence-corrected chi connectivity index (χ1v) is 8.31. The van der Waals surface area contributed by atoms with Crippen molar-refractivity contribution in [1.82, 2.24) is 15.0 Å². The van der Waals surface area contributed by atoms with E-state index >= 15 is 0 Å². The Morgan fingerprint density at radius 2 is 2.25 bits per heavy atom. The Kier molecular flexibility index (Phi) is 5.43. The fraction of sp³-hybridized carbons (Fsp3) is 0.471. The molecule has 1 fully saturated rings. The molecular formula is C17H23N5O2. The van der Waals surface area contributed by atoms with E-state index in [1.807, 2.05) is 25.1 Å². The lowest BCUT2D eigenvalue weighted by atomic mass is 10.2. The van der Waals surface area contributed by atoms with Crippen LogP contribution in [-0.2, 0) is 6.54 Å². The molecule has 0 aromatic carbocycles. The van der Waals surface area contributed by atoms with E-state index in [9.17, 15) is 5.11 Å². The molecule has 0 aliphatic carbocycles. The van der Waals surface area contributed by atoms with Gasteiger partial charge in [-0.15, -0.1) is 0 Å². The molecule has 24 heavy (non-hydrogen) atoms. The first kappa shape index (κ1) is 16.4. The number of ether oxygens (including phenoxy) is 1. The van der Waals surface area contributed by atoms with Crippen molar-refractivity contribution in [2.75, 3.05) is 30.0 Å². The molecule has 1 aliphatic rings. The van der Waals surface area contributed by atoms with Gasteiger partial charge in [0.05, 0.1) is 19.3 Å². The minimum Gasteiger partial charge on any atom is -0.478 e. The second-order valence-corrected chi connectivity index (χ2v) is 5.72. The van der Waals surface area contributed by atoms with E-state index in [2.05, 4.69) is 25.2 Å². The number of anilines is 2. The largest absolute Gasteiger partial charge is 0.478 e. The first-order chi connectivity index (χ1) is 11.8. The Hall–Kier alpha value is -2.41. The number of hydrogen-bond donors (Lipinski definition) is 2. The maximum absolute atomic E-state index is 9.47. The van der Waals surface area contributed by atoms with Crippen molar-refractivity contribution in [3.8, 4) is 5.88 Å². The quantitative estimate of drug-likeness (QED) is 0.802. The summed E-state index contributed by atoms with van der Waals surface area (Å²) in [5.41, 5.74) is 1.07. The number of pyridine rings is 1. The summed E-state index contributed by atoms with van der Waals surface area (Å²) in [6, 6.07) is 5.95. The molecular weight excluding hydrogens is 306 g/mol. The summed E-state index contributed by atoms with van der Waals surface area (Å²) in [5.74, 6) is 2.25. The van der Waals surface area contributed by atoms with Crippen molar-refractivity contribution in [3.05, 3.63) is 36.3 Å². The maximum atomic E-state index is 9.47. The van der Waals surface area contributed by atoms with E-state index in [1.165, 1.54) is 0 Å². The molecule has 7 nitrogen and oxygen atoms in total. The average Bonchev–Trinajstić information content (AvgIpc) is 3.10. The molecule has 0 amide bonds. The first-order valence-electron chi connectivity index (χ1n) is 8.31. The zero-order valence-corrected chi connectivity index (χ0v) is 13.9. The number of nitrogens with zero attached hydrogens (tertiary/aromatic N) is 4. The Morgan fingerprint density at radius 3 is 3.08 bits per heavy atom. The number of hydrogen-bond acceptors (Lipinski definition) is 7. The lowest BCUT2D eigenvalue weighted by Crippen LogP contribution is -2.32. The van der Waals surface area contributed by atoms with Crippen molar-refractivity contribution in [2.45, 2.75) is 32.4 Å². The fourth-order valence-corrected chi connectivity index (χ4v) is 2.91. The molecule has 0 radical (unpaired) electrons. The molecule has 3 heterocycles. The van der Waals surface area contributed by atoms with Crippen LogP contribution in [0.1, 0.15) is 25.3 Å². The summed E-state index contributed by atoms with van der Waals surface area (Å²) in [6.45, 7) is 4.24. The van der Waals surface area contributed by atoms with Gasteiger partial charge in [0, 0.05) is 31.4 Å². The van der Waals surface area contributed by atoms with Crippen LogP contribution in [-0.4, -0.2) is 45.9 Å². The van der Waals surface area contributed by atoms with Gasteiger partial charge in [-0.3, -0.25) is 0 Å². The second-order valence-electron chi connectivity index (χ2n) is 5.72. The van der Waals surface area contributed by atoms with Crippen LogP contribution < -0.4 is 15.0 Å². The summed E-state index contributed by atoms with van der Waals surface area (Å²) < 4.78 is 5.41. The third-order valence-electron chi connectivity index (χ3n) is 4.10. The van der Waals surface area contributed by atoms with Crippen LogP contribution in [0.25, 0.3) is 0 Å². The monoisotopic (exact) mass is 329 g/mol. The molecule has 0 bridgehead atoms. The molecule has 1 atom stereocenters. The van der Waals surface area contributed by atoms with Gasteiger partial charge in [-0.25, -0.2) is 15.0 Å². The molecule has 2 aromatic heterocycles. The Morgan fingerprint density at radius 1 is 1.33 bits per heavy atom. The smallest absolute Gasteiger partial charge is 0.213 e. The Balaban J connectivity index is 1.65. The minimum absolute atomic E-state index is 0.154. The normalized spacial score (nSPS) is 17.1. The zero-order chi connectivity index (χ0) is 16.8. The summed E-state index contributed by atoms with van der Waals surface area (Å²) >= 11 is 0. The van der Waals surface area contributed by atoms with Gasteiger partial charge < -0.3 is 20.1 Å². The maximum Gasteiger partial charge on any atom is 0.213 e. The van der Waals surface area contributed by atoms with Crippen LogP contribution in [0.2, 0.25) is 0 Å². The standard InChI is InChI=1S/C17H23N5O2/c1-2-24-17-8-13(5-6-18-17)10-19-15-9-16(21-12-20-15)22-7-3-4-14(22)11-23/h5-6,8-9,12,14,23H,2-4,7,10-11H2,1H3,(H,19,20,21)/t14-/m1/s1. The van der Waals surface area contributed by atoms with Crippen molar-refractivity contribution < 1.29 is 9.84 Å². The third-order valence-corrected chi connectivity index (χ3v) is 4.10. The fourth-order valence-electron chi connectivity index (χ4n) is 2.91. The lowest BCUT2D eigenvalue weighted by molar-refractivity contribution is 0.266. The van der Waals surface area contributed by atoms with Gasteiger partial charge in [-0.1, -0.05) is 0 Å². The minimum atomic E-state index is 0.154. The van der Waals surface area contributed by atoms with Crippen LogP contribution >= 0.6 is 0 Å². The third kappa shape index (κ3) is 3.91. The van der Waals surface area contributed by atoms with Crippen LogP contribution in [0.15, 0.2) is 30.7 Å². The number of aromatic nitrogens is 3. The second kappa shape index (κ2) is 7.92. The molecule has 2 N–H and O–H groups in total. The molecule has 0 saturated carbocycles. The van der Waals surface area contributed by atoms with Crippen molar-refractivity contribution in [2.24, 2.45) is 0 Å². The van der Waals surface area contributed by atoms with E-state index in [0.717, 1.165) is 36.6 Å². The van der Waals surface area contributed by atoms with E-state index < -0.39 is 0 Å². The predicted molar refractivity (Wildman–Crippen MR) is 92.2 cm³/mol. The summed E-state index contributed by atoms with van der Waals surface area (Å²) in [7, 11) is 0. The summed E-state index contributed by atoms with van der Waals surface area (Å²) in [6.07, 6.45) is 5.38. The van der Waals surface area contributed by atoms with Gasteiger partial charge in [-0.05, 0) is 31.4 Å². The molecule has 1 saturated heterocycles. The molecule has 3 rings (SSSR count). The Labute approximate surface area is 141 Å². The average molecular weight is 329 g/mol. The van der Waals surface area contributed by atoms with E-state index in [-0.39, 0.29) is 12.6 Å². The number of nitrogens with one attached hydrogen (secondary N) is 1.